The normalized spacial score (nSPS) is 18.3. The molecule has 0 atom stereocenters. The molecule has 1 saturated carbocycles. The molecule has 1 heterocycles. The van der Waals surface area contributed by atoms with Crippen LogP contribution in [0.1, 0.15) is 32.1 Å². The van der Waals surface area contributed by atoms with Gasteiger partial charge in [0.1, 0.15) is 17.9 Å². The summed E-state index contributed by atoms with van der Waals surface area (Å²) < 4.78 is 5.48. The monoisotopic (exact) mass is 379 g/mol. The molecule has 1 aromatic rings. The van der Waals surface area contributed by atoms with Crippen LogP contribution in [0, 0.1) is 0 Å². The molecule has 0 aromatic heterocycles. The van der Waals surface area contributed by atoms with E-state index < -0.39 is 11.6 Å². The van der Waals surface area contributed by atoms with Crippen LogP contribution in [0.2, 0.25) is 5.02 Å². The van der Waals surface area contributed by atoms with E-state index in [4.69, 9.17) is 16.3 Å². The van der Waals surface area contributed by atoms with Crippen molar-refractivity contribution in [1.82, 2.24) is 15.5 Å². The number of imide groups is 1. The van der Waals surface area contributed by atoms with Gasteiger partial charge in [-0.3, -0.25) is 14.5 Å². The van der Waals surface area contributed by atoms with Gasteiger partial charge >= 0.3 is 6.03 Å². The molecular formula is C18H22ClN3O4. The molecule has 0 unspecified atom stereocenters. The van der Waals surface area contributed by atoms with Crippen LogP contribution in [0.25, 0.3) is 0 Å². The van der Waals surface area contributed by atoms with Crippen LogP contribution < -0.4 is 15.4 Å². The Bertz CT molecular complexity index is 686. The second kappa shape index (κ2) is 7.95. The van der Waals surface area contributed by atoms with Gasteiger partial charge in [0.15, 0.2) is 0 Å². The van der Waals surface area contributed by atoms with Gasteiger partial charge < -0.3 is 15.4 Å². The number of nitrogens with zero attached hydrogens (tertiary/aromatic N) is 1. The Kier molecular flexibility index (Phi) is 5.66. The van der Waals surface area contributed by atoms with Crippen molar-refractivity contribution in [3.63, 3.8) is 0 Å². The summed E-state index contributed by atoms with van der Waals surface area (Å²) in [5.74, 6) is 0.251. The molecule has 1 aromatic carbocycles. The quantitative estimate of drug-likeness (QED) is 0.561. The maximum absolute atomic E-state index is 12.5. The van der Waals surface area contributed by atoms with Crippen molar-refractivity contribution in [2.24, 2.45) is 0 Å². The van der Waals surface area contributed by atoms with Crippen molar-refractivity contribution in [3.05, 3.63) is 29.3 Å². The Balaban J connectivity index is 1.37. The molecule has 0 radical (unpaired) electrons. The minimum Gasteiger partial charge on any atom is -0.492 e. The highest BCUT2D eigenvalue weighted by Gasteiger charge is 2.52. The predicted octanol–water partition coefficient (Wildman–Crippen LogP) is 2.09. The molecule has 2 N–H and O–H groups in total. The maximum atomic E-state index is 12.5. The number of nitrogens with one attached hydrogen (secondary N) is 2. The molecule has 0 bridgehead atoms. The summed E-state index contributed by atoms with van der Waals surface area (Å²) in [5, 5.41) is 6.15. The lowest BCUT2D eigenvalue weighted by molar-refractivity contribution is -0.131. The number of ether oxygens (including phenoxy) is 1. The summed E-state index contributed by atoms with van der Waals surface area (Å²) in [6.07, 6.45) is 3.32. The number of halogens is 1. The van der Waals surface area contributed by atoms with Crippen molar-refractivity contribution in [2.45, 2.75) is 37.6 Å². The first-order valence-electron chi connectivity index (χ1n) is 8.79. The third-order valence-corrected chi connectivity index (χ3v) is 5.02. The van der Waals surface area contributed by atoms with Gasteiger partial charge in [-0.25, -0.2) is 4.79 Å². The lowest BCUT2D eigenvalue weighted by atomic mass is 9.98. The van der Waals surface area contributed by atoms with Crippen LogP contribution in [-0.2, 0) is 9.59 Å². The van der Waals surface area contributed by atoms with Crippen molar-refractivity contribution >= 4 is 29.4 Å². The average molecular weight is 380 g/mol. The maximum Gasteiger partial charge on any atom is 0.325 e. The van der Waals surface area contributed by atoms with Gasteiger partial charge in [0.2, 0.25) is 5.91 Å². The zero-order valence-electron chi connectivity index (χ0n) is 14.4. The van der Waals surface area contributed by atoms with Crippen LogP contribution in [0.4, 0.5) is 4.79 Å². The number of hydrogen-bond donors (Lipinski definition) is 2. The Morgan fingerprint density at radius 2 is 1.92 bits per heavy atom. The third-order valence-electron chi connectivity index (χ3n) is 4.77. The molecule has 1 aliphatic heterocycles. The number of hydrogen-bond acceptors (Lipinski definition) is 4. The second-order valence-electron chi connectivity index (χ2n) is 6.58. The van der Waals surface area contributed by atoms with E-state index in [9.17, 15) is 14.4 Å². The fourth-order valence-electron chi connectivity index (χ4n) is 3.39. The fraction of sp³-hybridized carbons (Fsp3) is 0.500. The zero-order chi connectivity index (χ0) is 18.6. The SMILES string of the molecule is O=C(CCN1C(=O)NC2(CCCC2)C1=O)NCCOc1ccc(Cl)cc1. The molecule has 1 saturated heterocycles. The van der Waals surface area contributed by atoms with E-state index in [2.05, 4.69) is 10.6 Å². The van der Waals surface area contributed by atoms with E-state index in [-0.39, 0.29) is 24.8 Å². The number of benzene rings is 1. The molecule has 3 rings (SSSR count). The van der Waals surface area contributed by atoms with Gasteiger partial charge in [0, 0.05) is 18.0 Å². The topological polar surface area (TPSA) is 87.7 Å². The van der Waals surface area contributed by atoms with Crippen LogP contribution in [-0.4, -0.2) is 48.0 Å². The highest BCUT2D eigenvalue weighted by Crippen LogP contribution is 2.34. The summed E-state index contributed by atoms with van der Waals surface area (Å²) in [4.78, 5) is 37.6. The number of carbonyl (C=O) groups excluding carboxylic acids is 3. The number of rotatable bonds is 7. The number of amides is 4. The Morgan fingerprint density at radius 3 is 2.62 bits per heavy atom. The summed E-state index contributed by atoms with van der Waals surface area (Å²) >= 11 is 5.79. The molecule has 26 heavy (non-hydrogen) atoms. The molecular weight excluding hydrogens is 358 g/mol. The molecule has 7 nitrogen and oxygen atoms in total. The first kappa shape index (κ1) is 18.5. The van der Waals surface area contributed by atoms with Gasteiger partial charge in [-0.05, 0) is 37.1 Å². The standard InChI is InChI=1S/C18H22ClN3O4/c19-13-3-5-14(6-4-13)26-12-10-20-15(23)7-11-22-16(24)18(21-17(22)25)8-1-2-9-18/h3-6H,1-2,7-12H2,(H,20,23)(H,21,25). The summed E-state index contributed by atoms with van der Waals surface area (Å²) in [6.45, 7) is 0.751. The smallest absolute Gasteiger partial charge is 0.325 e. The van der Waals surface area contributed by atoms with Crippen molar-refractivity contribution in [2.75, 3.05) is 19.7 Å². The summed E-state index contributed by atoms with van der Waals surface area (Å²) in [7, 11) is 0. The molecule has 2 aliphatic rings. The van der Waals surface area contributed by atoms with E-state index in [1.165, 1.54) is 0 Å². The first-order valence-corrected chi connectivity index (χ1v) is 9.17. The predicted molar refractivity (Wildman–Crippen MR) is 96.0 cm³/mol. The van der Waals surface area contributed by atoms with Crippen molar-refractivity contribution < 1.29 is 19.1 Å². The Hall–Kier alpha value is -2.28. The van der Waals surface area contributed by atoms with Crippen LogP contribution in [0.5, 0.6) is 5.75 Å². The van der Waals surface area contributed by atoms with Gasteiger partial charge in [-0.15, -0.1) is 0 Å². The molecule has 1 spiro atoms. The largest absolute Gasteiger partial charge is 0.492 e. The van der Waals surface area contributed by atoms with Gasteiger partial charge in [0.05, 0.1) is 6.54 Å². The Morgan fingerprint density at radius 1 is 1.23 bits per heavy atom. The minimum absolute atomic E-state index is 0.0795. The fourth-order valence-corrected chi connectivity index (χ4v) is 3.51. The summed E-state index contributed by atoms with van der Waals surface area (Å²) in [5.41, 5.74) is -0.722. The van der Waals surface area contributed by atoms with E-state index in [1.54, 1.807) is 24.3 Å². The highest BCUT2D eigenvalue weighted by molar-refractivity contribution is 6.30. The van der Waals surface area contributed by atoms with Gasteiger partial charge in [0.25, 0.3) is 5.91 Å². The molecule has 8 heteroatoms. The molecule has 2 fully saturated rings. The van der Waals surface area contributed by atoms with Gasteiger partial charge in [-0.2, -0.15) is 0 Å². The highest BCUT2D eigenvalue weighted by atomic mass is 35.5. The minimum atomic E-state index is -0.722. The van der Waals surface area contributed by atoms with Crippen LogP contribution in [0.3, 0.4) is 0 Å². The molecule has 140 valence electrons. The molecule has 4 amide bonds. The Labute approximate surface area is 157 Å². The van der Waals surface area contributed by atoms with Gasteiger partial charge in [-0.1, -0.05) is 24.4 Å². The lowest BCUT2D eigenvalue weighted by Gasteiger charge is -2.19. The average Bonchev–Trinajstić information content (AvgIpc) is 3.18. The van der Waals surface area contributed by atoms with Crippen LogP contribution >= 0.6 is 11.6 Å². The molecule has 1 aliphatic carbocycles. The van der Waals surface area contributed by atoms with E-state index in [0.717, 1.165) is 17.7 Å². The lowest BCUT2D eigenvalue weighted by Crippen LogP contribution is -2.44. The second-order valence-corrected chi connectivity index (χ2v) is 7.01. The summed E-state index contributed by atoms with van der Waals surface area (Å²) in [6, 6.07) is 6.56. The number of urea groups is 1. The van der Waals surface area contributed by atoms with E-state index >= 15 is 0 Å². The number of carbonyl (C=O) groups is 3. The van der Waals surface area contributed by atoms with E-state index in [0.29, 0.717) is 36.8 Å². The van der Waals surface area contributed by atoms with Crippen molar-refractivity contribution in [1.29, 1.82) is 0 Å². The third kappa shape index (κ3) is 4.09. The van der Waals surface area contributed by atoms with E-state index in [1.807, 2.05) is 0 Å². The van der Waals surface area contributed by atoms with Crippen molar-refractivity contribution in [3.8, 4) is 5.75 Å². The van der Waals surface area contributed by atoms with Crippen LogP contribution in [0.15, 0.2) is 24.3 Å². The first-order chi connectivity index (χ1) is 12.5. The zero-order valence-corrected chi connectivity index (χ0v) is 15.2.